The lowest BCUT2D eigenvalue weighted by atomic mass is 10.0. The molecule has 0 fully saturated rings. The highest BCUT2D eigenvalue weighted by Crippen LogP contribution is 2.17. The molecule has 0 bridgehead atoms. The van der Waals surface area contributed by atoms with E-state index in [2.05, 4.69) is 26.2 Å². The first kappa shape index (κ1) is 17.7. The van der Waals surface area contributed by atoms with Gasteiger partial charge in [0.05, 0.1) is 10.6 Å². The lowest BCUT2D eigenvalue weighted by molar-refractivity contribution is -0.120. The van der Waals surface area contributed by atoms with E-state index < -0.39 is 5.54 Å². The molecule has 0 radical (unpaired) electrons. The number of aryl methyl sites for hydroxylation is 1. The topological polar surface area (TPSA) is 102 Å². The van der Waals surface area contributed by atoms with Gasteiger partial charge in [0.2, 0.25) is 5.91 Å². The lowest BCUT2D eigenvalue weighted by Gasteiger charge is -2.25. The van der Waals surface area contributed by atoms with Gasteiger partial charge in [-0.3, -0.25) is 9.59 Å². The number of amides is 2. The molecule has 2 aromatic heterocycles. The highest BCUT2D eigenvalue weighted by Gasteiger charge is 2.30. The van der Waals surface area contributed by atoms with Gasteiger partial charge in [-0.2, -0.15) is 4.68 Å². The number of carbonyl (C=O) groups is 2. The normalized spacial score (nSPS) is 11.2. The smallest absolute Gasteiger partial charge is 0.262 e. The van der Waals surface area contributed by atoms with E-state index in [4.69, 9.17) is 0 Å². The fourth-order valence-electron chi connectivity index (χ4n) is 2.28. The minimum atomic E-state index is -1.08. The van der Waals surface area contributed by atoms with E-state index in [9.17, 15) is 9.59 Å². The molecule has 8 nitrogen and oxygen atoms in total. The van der Waals surface area contributed by atoms with Gasteiger partial charge in [-0.1, -0.05) is 12.1 Å². The largest absolute Gasteiger partial charge is 0.337 e. The Kier molecular flexibility index (Phi) is 4.81. The maximum atomic E-state index is 12.6. The van der Waals surface area contributed by atoms with Crippen LogP contribution in [0.1, 0.15) is 29.3 Å². The average molecular weight is 370 g/mol. The summed E-state index contributed by atoms with van der Waals surface area (Å²) in [5.41, 5.74) is 0.230. The van der Waals surface area contributed by atoms with Crippen molar-refractivity contribution < 1.29 is 9.59 Å². The van der Waals surface area contributed by atoms with E-state index >= 15 is 0 Å². The summed E-state index contributed by atoms with van der Waals surface area (Å²) < 4.78 is 1.57. The van der Waals surface area contributed by atoms with E-state index in [1.54, 1.807) is 55.8 Å². The number of thiophene rings is 1. The maximum Gasteiger partial charge on any atom is 0.262 e. The van der Waals surface area contributed by atoms with Crippen LogP contribution in [0.15, 0.2) is 41.8 Å². The van der Waals surface area contributed by atoms with Gasteiger partial charge in [0.15, 0.2) is 5.82 Å². The minimum Gasteiger partial charge on any atom is -0.337 e. The molecule has 0 unspecified atom stereocenters. The van der Waals surface area contributed by atoms with Crippen molar-refractivity contribution in [1.82, 2.24) is 25.5 Å². The molecule has 0 saturated heterocycles. The number of aromatic nitrogens is 4. The van der Waals surface area contributed by atoms with Crippen LogP contribution in [0.3, 0.4) is 0 Å². The zero-order valence-electron chi connectivity index (χ0n) is 14.6. The van der Waals surface area contributed by atoms with Crippen molar-refractivity contribution in [2.75, 3.05) is 5.32 Å². The summed E-state index contributed by atoms with van der Waals surface area (Å²) in [7, 11) is 0. The summed E-state index contributed by atoms with van der Waals surface area (Å²) in [5, 5.41) is 18.8. The average Bonchev–Trinajstić information content (AvgIpc) is 3.26. The zero-order valence-corrected chi connectivity index (χ0v) is 15.4. The van der Waals surface area contributed by atoms with Crippen molar-refractivity contribution in [2.24, 2.45) is 0 Å². The summed E-state index contributed by atoms with van der Waals surface area (Å²) in [6, 6.07) is 10.7. The fourth-order valence-corrected chi connectivity index (χ4v) is 2.90. The summed E-state index contributed by atoms with van der Waals surface area (Å²) in [4.78, 5) is 25.4. The molecular formula is C17H18N6O2S. The van der Waals surface area contributed by atoms with Gasteiger partial charge in [-0.25, -0.2) is 0 Å². The van der Waals surface area contributed by atoms with Crippen molar-refractivity contribution in [3.05, 3.63) is 52.5 Å². The van der Waals surface area contributed by atoms with E-state index in [0.29, 0.717) is 16.4 Å². The highest BCUT2D eigenvalue weighted by molar-refractivity contribution is 7.12. The van der Waals surface area contributed by atoms with Crippen molar-refractivity contribution in [1.29, 1.82) is 0 Å². The first-order valence-electron chi connectivity index (χ1n) is 7.90. The van der Waals surface area contributed by atoms with Crippen LogP contribution in [0.2, 0.25) is 0 Å². The van der Waals surface area contributed by atoms with Gasteiger partial charge in [-0.05, 0) is 60.8 Å². The molecule has 134 valence electrons. The van der Waals surface area contributed by atoms with Crippen LogP contribution >= 0.6 is 11.3 Å². The Morgan fingerprint density at radius 1 is 1.19 bits per heavy atom. The van der Waals surface area contributed by atoms with Crippen LogP contribution in [-0.2, 0) is 4.79 Å². The van der Waals surface area contributed by atoms with E-state index in [1.807, 2.05) is 11.4 Å². The quantitative estimate of drug-likeness (QED) is 0.717. The molecule has 3 aromatic rings. The first-order valence-corrected chi connectivity index (χ1v) is 8.78. The molecule has 0 spiro atoms. The van der Waals surface area contributed by atoms with Crippen molar-refractivity contribution >= 4 is 28.8 Å². The van der Waals surface area contributed by atoms with Gasteiger partial charge < -0.3 is 10.6 Å². The second kappa shape index (κ2) is 7.04. The third kappa shape index (κ3) is 3.77. The molecule has 0 aliphatic rings. The van der Waals surface area contributed by atoms with Gasteiger partial charge in [0, 0.05) is 5.69 Å². The molecule has 9 heteroatoms. The Labute approximate surface area is 154 Å². The number of carbonyl (C=O) groups excluding carboxylic acids is 2. The number of nitrogens with zero attached hydrogens (tertiary/aromatic N) is 4. The van der Waals surface area contributed by atoms with Gasteiger partial charge in [-0.15, -0.1) is 16.4 Å². The van der Waals surface area contributed by atoms with E-state index in [-0.39, 0.29) is 11.8 Å². The number of nitrogens with one attached hydrogen (secondary N) is 2. The Bertz CT molecular complexity index is 932. The highest BCUT2D eigenvalue weighted by atomic mass is 32.1. The Morgan fingerprint density at radius 2 is 2.00 bits per heavy atom. The molecule has 2 heterocycles. The molecule has 2 amide bonds. The zero-order chi connectivity index (χ0) is 18.7. The van der Waals surface area contributed by atoms with Crippen LogP contribution in [0.4, 0.5) is 5.69 Å². The third-order valence-corrected chi connectivity index (χ3v) is 4.58. The first-order chi connectivity index (χ1) is 12.4. The Hall–Kier alpha value is -3.07. The molecule has 0 aliphatic heterocycles. The maximum absolute atomic E-state index is 12.6. The molecule has 0 aliphatic carbocycles. The number of anilines is 1. The fraction of sp³-hybridized carbons (Fsp3) is 0.235. The standard InChI is InChI=1S/C17H18N6O2S/c1-11-20-21-22-23(11)13-7-4-6-12(10-13)18-16(25)17(2,3)19-15(24)14-8-5-9-26-14/h4-10H,1-3H3,(H,18,25)(H,19,24). The monoisotopic (exact) mass is 370 g/mol. The minimum absolute atomic E-state index is 0.279. The molecule has 0 atom stereocenters. The second-order valence-corrected chi connectivity index (χ2v) is 7.15. The van der Waals surface area contributed by atoms with Crippen LogP contribution in [0.5, 0.6) is 0 Å². The van der Waals surface area contributed by atoms with Crippen molar-refractivity contribution in [3.8, 4) is 5.69 Å². The molecule has 1 aromatic carbocycles. The van der Waals surface area contributed by atoms with E-state index in [0.717, 1.165) is 5.69 Å². The number of hydrogen-bond acceptors (Lipinski definition) is 6. The number of hydrogen-bond donors (Lipinski definition) is 2. The summed E-state index contributed by atoms with van der Waals surface area (Å²) in [6.45, 7) is 5.10. The number of rotatable bonds is 5. The third-order valence-electron chi connectivity index (χ3n) is 3.71. The van der Waals surface area contributed by atoms with Gasteiger partial charge >= 0.3 is 0 Å². The van der Waals surface area contributed by atoms with Gasteiger partial charge in [0.1, 0.15) is 5.54 Å². The van der Waals surface area contributed by atoms with Crippen molar-refractivity contribution in [2.45, 2.75) is 26.3 Å². The van der Waals surface area contributed by atoms with Crippen LogP contribution in [0.25, 0.3) is 5.69 Å². The molecule has 26 heavy (non-hydrogen) atoms. The summed E-state index contributed by atoms with van der Waals surface area (Å²) in [5.74, 6) is 0.0308. The van der Waals surface area contributed by atoms with Crippen LogP contribution < -0.4 is 10.6 Å². The van der Waals surface area contributed by atoms with Crippen LogP contribution in [-0.4, -0.2) is 37.6 Å². The number of benzene rings is 1. The molecule has 3 rings (SSSR count). The summed E-state index contributed by atoms with van der Waals surface area (Å²) in [6.07, 6.45) is 0. The Morgan fingerprint density at radius 3 is 2.65 bits per heavy atom. The molecule has 2 N–H and O–H groups in total. The molecule has 0 saturated carbocycles. The van der Waals surface area contributed by atoms with Crippen LogP contribution in [0, 0.1) is 6.92 Å². The van der Waals surface area contributed by atoms with Crippen molar-refractivity contribution in [3.63, 3.8) is 0 Å². The second-order valence-electron chi connectivity index (χ2n) is 6.20. The summed E-state index contributed by atoms with van der Waals surface area (Å²) >= 11 is 1.32. The van der Waals surface area contributed by atoms with Gasteiger partial charge in [0.25, 0.3) is 5.91 Å². The Balaban J connectivity index is 1.73. The lowest BCUT2D eigenvalue weighted by Crippen LogP contribution is -2.52. The van der Waals surface area contributed by atoms with E-state index in [1.165, 1.54) is 11.3 Å². The number of tetrazole rings is 1. The predicted molar refractivity (Wildman–Crippen MR) is 98.4 cm³/mol. The molecular weight excluding hydrogens is 352 g/mol. The SMILES string of the molecule is Cc1nnnn1-c1cccc(NC(=O)C(C)(C)NC(=O)c2cccs2)c1. The predicted octanol–water partition coefficient (Wildman–Crippen LogP) is 2.18.